The number of nitrogens with zero attached hydrogens (tertiary/aromatic N) is 1. The minimum atomic E-state index is -3.52. The van der Waals surface area contributed by atoms with E-state index in [-0.39, 0.29) is 4.90 Å². The van der Waals surface area contributed by atoms with Gasteiger partial charge in [0.15, 0.2) is 5.76 Å². The van der Waals surface area contributed by atoms with E-state index in [1.807, 2.05) is 0 Å². The first-order valence-electron chi connectivity index (χ1n) is 4.47. The van der Waals surface area contributed by atoms with E-state index in [0.717, 1.165) is 0 Å². The summed E-state index contributed by atoms with van der Waals surface area (Å²) in [5.74, 6) is 0.718. The summed E-state index contributed by atoms with van der Waals surface area (Å²) in [5.41, 5.74) is 0.367. The molecule has 0 aliphatic heterocycles. The number of nitrogens with one attached hydrogen (secondary N) is 1. The van der Waals surface area contributed by atoms with Crippen LogP contribution in [-0.4, -0.2) is 26.0 Å². The first kappa shape index (κ1) is 12.5. The number of aromatic nitrogens is 1. The molecule has 1 aromatic rings. The molecule has 0 fully saturated rings. The number of aryl methyl sites for hydroxylation is 2. The van der Waals surface area contributed by atoms with Crippen molar-refractivity contribution >= 4 is 21.6 Å². The Morgan fingerprint density at radius 2 is 2.13 bits per heavy atom. The van der Waals surface area contributed by atoms with Crippen molar-refractivity contribution in [2.45, 2.75) is 25.2 Å². The molecule has 5 nitrogen and oxygen atoms in total. The van der Waals surface area contributed by atoms with Crippen LogP contribution in [0.15, 0.2) is 9.42 Å². The molecule has 0 aliphatic rings. The van der Waals surface area contributed by atoms with Gasteiger partial charge in [0, 0.05) is 12.4 Å². The highest BCUT2D eigenvalue weighted by Crippen LogP contribution is 2.18. The van der Waals surface area contributed by atoms with Crippen molar-refractivity contribution in [3.63, 3.8) is 0 Å². The number of hydrogen-bond donors (Lipinski definition) is 1. The van der Waals surface area contributed by atoms with Gasteiger partial charge in [0.1, 0.15) is 10.6 Å². The number of halogens is 1. The Morgan fingerprint density at radius 1 is 1.47 bits per heavy atom. The summed E-state index contributed by atoms with van der Waals surface area (Å²) in [6, 6.07) is 0. The Kier molecular flexibility index (Phi) is 4.12. The summed E-state index contributed by atoms with van der Waals surface area (Å²) in [4.78, 5) is 0.122. The summed E-state index contributed by atoms with van der Waals surface area (Å²) < 4.78 is 30.7. The van der Waals surface area contributed by atoms with Gasteiger partial charge in [-0.1, -0.05) is 5.16 Å². The van der Waals surface area contributed by atoms with E-state index in [4.69, 9.17) is 16.1 Å². The summed E-state index contributed by atoms with van der Waals surface area (Å²) >= 11 is 5.45. The molecule has 1 heterocycles. The van der Waals surface area contributed by atoms with Crippen LogP contribution in [0.4, 0.5) is 0 Å². The topological polar surface area (TPSA) is 72.2 Å². The fourth-order valence-corrected chi connectivity index (χ4v) is 2.74. The van der Waals surface area contributed by atoms with Crippen molar-refractivity contribution in [2.24, 2.45) is 0 Å². The molecule has 1 aromatic heterocycles. The lowest BCUT2D eigenvalue weighted by Gasteiger charge is -2.04. The molecule has 1 N–H and O–H groups in total. The van der Waals surface area contributed by atoms with Crippen molar-refractivity contribution in [1.29, 1.82) is 0 Å². The van der Waals surface area contributed by atoms with Crippen molar-refractivity contribution in [1.82, 2.24) is 9.88 Å². The van der Waals surface area contributed by atoms with Crippen molar-refractivity contribution < 1.29 is 12.9 Å². The van der Waals surface area contributed by atoms with Gasteiger partial charge in [-0.2, -0.15) is 0 Å². The molecule has 1 rings (SSSR count). The third-order valence-corrected chi connectivity index (χ3v) is 3.81. The highest BCUT2D eigenvalue weighted by atomic mass is 35.5. The summed E-state index contributed by atoms with van der Waals surface area (Å²) in [6.45, 7) is 3.47. The molecule has 0 aliphatic carbocycles. The molecular formula is C8H13ClN2O3S. The average molecular weight is 253 g/mol. The van der Waals surface area contributed by atoms with Crippen LogP contribution >= 0.6 is 11.6 Å². The standard InChI is InChI=1S/C8H13ClN2O3S/c1-6-8(7(2)14-11-6)15(12,13)10-5-3-4-9/h10H,3-5H2,1-2H3. The molecule has 15 heavy (non-hydrogen) atoms. The van der Waals surface area contributed by atoms with Gasteiger partial charge in [0.05, 0.1) is 0 Å². The van der Waals surface area contributed by atoms with Crippen LogP contribution in [0.25, 0.3) is 0 Å². The van der Waals surface area contributed by atoms with Gasteiger partial charge in [-0.3, -0.25) is 0 Å². The van der Waals surface area contributed by atoms with Crippen molar-refractivity contribution in [3.8, 4) is 0 Å². The maximum absolute atomic E-state index is 11.8. The fourth-order valence-electron chi connectivity index (χ4n) is 1.20. The first-order chi connectivity index (χ1) is 6.99. The van der Waals surface area contributed by atoms with Crippen LogP contribution in [0.5, 0.6) is 0 Å². The number of sulfonamides is 1. The maximum Gasteiger partial charge on any atom is 0.245 e. The second-order valence-corrected chi connectivity index (χ2v) is 5.18. The van der Waals surface area contributed by atoms with E-state index in [1.54, 1.807) is 13.8 Å². The van der Waals surface area contributed by atoms with E-state index >= 15 is 0 Å². The van der Waals surface area contributed by atoms with E-state index in [2.05, 4.69) is 9.88 Å². The highest BCUT2D eigenvalue weighted by molar-refractivity contribution is 7.89. The predicted molar refractivity (Wildman–Crippen MR) is 56.5 cm³/mol. The SMILES string of the molecule is Cc1noc(C)c1S(=O)(=O)NCCCCl. The largest absolute Gasteiger partial charge is 0.360 e. The Labute approximate surface area is 93.8 Å². The molecule has 7 heteroatoms. The minimum Gasteiger partial charge on any atom is -0.360 e. The third-order valence-electron chi connectivity index (χ3n) is 1.84. The quantitative estimate of drug-likeness (QED) is 0.631. The van der Waals surface area contributed by atoms with E-state index in [0.29, 0.717) is 30.3 Å². The zero-order valence-corrected chi connectivity index (χ0v) is 10.2. The van der Waals surface area contributed by atoms with Crippen LogP contribution in [0.1, 0.15) is 17.9 Å². The molecule has 0 amide bonds. The van der Waals surface area contributed by atoms with Crippen molar-refractivity contribution in [2.75, 3.05) is 12.4 Å². The van der Waals surface area contributed by atoms with Crippen LogP contribution in [-0.2, 0) is 10.0 Å². The van der Waals surface area contributed by atoms with Crippen LogP contribution in [0.2, 0.25) is 0 Å². The van der Waals surface area contributed by atoms with E-state index in [9.17, 15) is 8.42 Å². The second-order valence-electron chi connectivity index (χ2n) is 3.09. The van der Waals surface area contributed by atoms with E-state index < -0.39 is 10.0 Å². The third kappa shape index (κ3) is 2.93. The Balaban J connectivity index is 2.87. The van der Waals surface area contributed by atoms with Gasteiger partial charge >= 0.3 is 0 Å². The molecule has 0 unspecified atom stereocenters. The molecule has 0 bridgehead atoms. The highest BCUT2D eigenvalue weighted by Gasteiger charge is 2.23. The predicted octanol–water partition coefficient (Wildman–Crippen LogP) is 1.20. The Bertz CT molecular complexity index is 408. The van der Waals surface area contributed by atoms with Gasteiger partial charge in [0.2, 0.25) is 10.0 Å². The van der Waals surface area contributed by atoms with Crippen LogP contribution < -0.4 is 4.72 Å². The minimum absolute atomic E-state index is 0.122. The van der Waals surface area contributed by atoms with Crippen LogP contribution in [0.3, 0.4) is 0 Å². The number of rotatable bonds is 5. The number of alkyl halides is 1. The molecule has 0 radical (unpaired) electrons. The zero-order chi connectivity index (χ0) is 11.5. The smallest absolute Gasteiger partial charge is 0.245 e. The van der Waals surface area contributed by atoms with Gasteiger partial charge < -0.3 is 4.52 Å². The zero-order valence-electron chi connectivity index (χ0n) is 8.58. The van der Waals surface area contributed by atoms with Crippen molar-refractivity contribution in [3.05, 3.63) is 11.5 Å². The summed E-state index contributed by atoms with van der Waals surface area (Å²) in [7, 11) is -3.52. The van der Waals surface area contributed by atoms with E-state index in [1.165, 1.54) is 0 Å². The maximum atomic E-state index is 11.8. The molecule has 0 atom stereocenters. The Morgan fingerprint density at radius 3 is 2.60 bits per heavy atom. The van der Waals surface area contributed by atoms with Gasteiger partial charge in [-0.05, 0) is 20.3 Å². The average Bonchev–Trinajstić information content (AvgIpc) is 2.46. The fraction of sp³-hybridized carbons (Fsp3) is 0.625. The molecule has 0 spiro atoms. The lowest BCUT2D eigenvalue weighted by molar-refractivity contribution is 0.390. The monoisotopic (exact) mass is 252 g/mol. The lowest BCUT2D eigenvalue weighted by atomic mass is 10.4. The lowest BCUT2D eigenvalue weighted by Crippen LogP contribution is -2.25. The summed E-state index contributed by atoms with van der Waals surface area (Å²) in [5, 5.41) is 3.59. The molecule has 0 saturated carbocycles. The van der Waals surface area contributed by atoms with Gasteiger partial charge in [-0.15, -0.1) is 11.6 Å². The van der Waals surface area contributed by atoms with Gasteiger partial charge in [0.25, 0.3) is 0 Å². The second kappa shape index (κ2) is 4.96. The molecule has 86 valence electrons. The molecule has 0 aromatic carbocycles. The summed E-state index contributed by atoms with van der Waals surface area (Å²) in [6.07, 6.45) is 0.587. The van der Waals surface area contributed by atoms with Crippen LogP contribution in [0, 0.1) is 13.8 Å². The first-order valence-corrected chi connectivity index (χ1v) is 6.49. The molecule has 0 saturated heterocycles. The van der Waals surface area contributed by atoms with Gasteiger partial charge in [-0.25, -0.2) is 13.1 Å². The number of hydrogen-bond acceptors (Lipinski definition) is 4. The normalized spacial score (nSPS) is 11.9. The molecular weight excluding hydrogens is 240 g/mol. The Hall–Kier alpha value is -0.590.